The summed E-state index contributed by atoms with van der Waals surface area (Å²) in [6.07, 6.45) is 3.68. The van der Waals surface area contributed by atoms with Crippen LogP contribution in [0.5, 0.6) is 0 Å². The molecule has 1 fully saturated rings. The SMILES string of the molecule is Cl.Nc1c(Cl)cc(Br)cc1CNC1CCC(O)CC1. The van der Waals surface area contributed by atoms with Crippen LogP contribution < -0.4 is 11.1 Å². The molecule has 19 heavy (non-hydrogen) atoms. The number of halogens is 3. The molecule has 1 saturated carbocycles. The van der Waals surface area contributed by atoms with Crippen LogP contribution in [0.2, 0.25) is 5.02 Å². The molecule has 0 spiro atoms. The zero-order chi connectivity index (χ0) is 13.1. The number of nitrogens with two attached hydrogens (primary N) is 1. The minimum Gasteiger partial charge on any atom is -0.397 e. The topological polar surface area (TPSA) is 58.3 Å². The molecular formula is C13H19BrCl2N2O. The average Bonchev–Trinajstić information content (AvgIpc) is 2.34. The molecule has 0 aliphatic heterocycles. The Kier molecular flexibility index (Phi) is 6.91. The number of nitrogen functional groups attached to an aromatic ring is 1. The van der Waals surface area contributed by atoms with Crippen molar-refractivity contribution in [3.8, 4) is 0 Å². The van der Waals surface area contributed by atoms with Gasteiger partial charge in [-0.2, -0.15) is 0 Å². The highest BCUT2D eigenvalue weighted by Gasteiger charge is 2.19. The van der Waals surface area contributed by atoms with Crippen molar-refractivity contribution in [1.82, 2.24) is 5.32 Å². The molecule has 0 amide bonds. The van der Waals surface area contributed by atoms with E-state index in [4.69, 9.17) is 17.3 Å². The third-order valence-corrected chi connectivity index (χ3v) is 4.23. The zero-order valence-electron chi connectivity index (χ0n) is 10.5. The van der Waals surface area contributed by atoms with Gasteiger partial charge in [0, 0.05) is 17.1 Å². The number of benzene rings is 1. The van der Waals surface area contributed by atoms with Crippen molar-refractivity contribution in [3.63, 3.8) is 0 Å². The Labute approximate surface area is 133 Å². The number of hydrogen-bond donors (Lipinski definition) is 3. The van der Waals surface area contributed by atoms with E-state index in [0.29, 0.717) is 23.3 Å². The van der Waals surface area contributed by atoms with E-state index >= 15 is 0 Å². The van der Waals surface area contributed by atoms with E-state index in [0.717, 1.165) is 35.7 Å². The highest BCUT2D eigenvalue weighted by molar-refractivity contribution is 9.10. The van der Waals surface area contributed by atoms with Gasteiger partial charge in [0.15, 0.2) is 0 Å². The van der Waals surface area contributed by atoms with Gasteiger partial charge in [-0.25, -0.2) is 0 Å². The average molecular weight is 370 g/mol. The highest BCUT2D eigenvalue weighted by atomic mass is 79.9. The lowest BCUT2D eigenvalue weighted by atomic mass is 9.93. The first-order chi connectivity index (χ1) is 8.56. The third kappa shape index (κ3) is 4.80. The van der Waals surface area contributed by atoms with Gasteiger partial charge in [0.25, 0.3) is 0 Å². The van der Waals surface area contributed by atoms with Gasteiger partial charge in [-0.15, -0.1) is 12.4 Å². The molecule has 0 unspecified atom stereocenters. The second-order valence-electron chi connectivity index (χ2n) is 4.85. The molecule has 1 aliphatic carbocycles. The summed E-state index contributed by atoms with van der Waals surface area (Å²) in [5, 5.41) is 13.5. The van der Waals surface area contributed by atoms with E-state index in [1.165, 1.54) is 0 Å². The van der Waals surface area contributed by atoms with Crippen molar-refractivity contribution in [1.29, 1.82) is 0 Å². The van der Waals surface area contributed by atoms with Crippen LogP contribution in [0.1, 0.15) is 31.2 Å². The lowest BCUT2D eigenvalue weighted by Crippen LogP contribution is -2.34. The normalized spacial score (nSPS) is 22.9. The standard InChI is InChI=1S/C13H18BrClN2O.ClH/c14-9-5-8(13(16)12(15)6-9)7-17-10-1-3-11(18)4-2-10;/h5-6,10-11,17-18H,1-4,7,16H2;1H. The molecule has 0 atom stereocenters. The highest BCUT2D eigenvalue weighted by Crippen LogP contribution is 2.28. The van der Waals surface area contributed by atoms with E-state index in [9.17, 15) is 5.11 Å². The number of aliphatic hydroxyl groups excluding tert-OH is 1. The molecular weight excluding hydrogens is 351 g/mol. The van der Waals surface area contributed by atoms with Crippen molar-refractivity contribution in [2.24, 2.45) is 0 Å². The Morgan fingerprint density at radius 3 is 2.58 bits per heavy atom. The van der Waals surface area contributed by atoms with E-state index in [1.807, 2.05) is 6.07 Å². The molecule has 0 heterocycles. The van der Waals surface area contributed by atoms with Gasteiger partial charge < -0.3 is 16.2 Å². The quantitative estimate of drug-likeness (QED) is 0.714. The van der Waals surface area contributed by atoms with E-state index < -0.39 is 0 Å². The fourth-order valence-electron chi connectivity index (χ4n) is 2.32. The summed E-state index contributed by atoms with van der Waals surface area (Å²) in [6.45, 7) is 0.714. The molecule has 4 N–H and O–H groups in total. The third-order valence-electron chi connectivity index (χ3n) is 3.46. The molecule has 0 radical (unpaired) electrons. The molecule has 0 aromatic heterocycles. The summed E-state index contributed by atoms with van der Waals surface area (Å²) >= 11 is 9.46. The summed E-state index contributed by atoms with van der Waals surface area (Å²) in [7, 11) is 0. The van der Waals surface area contributed by atoms with Crippen LogP contribution in [-0.2, 0) is 6.54 Å². The predicted octanol–water partition coefficient (Wildman–Crippen LogP) is 3.50. The van der Waals surface area contributed by atoms with Gasteiger partial charge in [0.1, 0.15) is 0 Å². The maximum Gasteiger partial charge on any atom is 0.0649 e. The smallest absolute Gasteiger partial charge is 0.0649 e. The first-order valence-electron chi connectivity index (χ1n) is 6.21. The summed E-state index contributed by atoms with van der Waals surface area (Å²) in [5.74, 6) is 0. The second kappa shape index (κ2) is 7.70. The molecule has 6 heteroatoms. The van der Waals surface area contributed by atoms with Gasteiger partial charge in [0.05, 0.1) is 16.8 Å². The maximum absolute atomic E-state index is 9.46. The van der Waals surface area contributed by atoms with E-state index in [2.05, 4.69) is 21.2 Å². The van der Waals surface area contributed by atoms with E-state index in [-0.39, 0.29) is 18.5 Å². The number of aliphatic hydroxyl groups is 1. The molecule has 1 aliphatic rings. The summed E-state index contributed by atoms with van der Waals surface area (Å²) in [4.78, 5) is 0. The van der Waals surface area contributed by atoms with Crippen LogP contribution in [0.15, 0.2) is 16.6 Å². The number of hydrogen-bond acceptors (Lipinski definition) is 3. The van der Waals surface area contributed by atoms with Crippen molar-refractivity contribution in [2.45, 2.75) is 44.4 Å². The number of rotatable bonds is 3. The lowest BCUT2D eigenvalue weighted by Gasteiger charge is -2.26. The van der Waals surface area contributed by atoms with Gasteiger partial charge >= 0.3 is 0 Å². The Morgan fingerprint density at radius 1 is 1.32 bits per heavy atom. The van der Waals surface area contributed by atoms with Gasteiger partial charge in [-0.05, 0) is 43.4 Å². The molecule has 0 bridgehead atoms. The zero-order valence-corrected chi connectivity index (χ0v) is 13.7. The van der Waals surface area contributed by atoms with Crippen LogP contribution >= 0.6 is 39.9 Å². The second-order valence-corrected chi connectivity index (χ2v) is 6.17. The molecule has 2 rings (SSSR count). The summed E-state index contributed by atoms with van der Waals surface area (Å²) in [5.41, 5.74) is 7.61. The van der Waals surface area contributed by atoms with Crippen LogP contribution in [-0.4, -0.2) is 17.3 Å². The number of nitrogens with one attached hydrogen (secondary N) is 1. The largest absolute Gasteiger partial charge is 0.397 e. The predicted molar refractivity (Wildman–Crippen MR) is 85.9 cm³/mol. The van der Waals surface area contributed by atoms with Crippen LogP contribution in [0.3, 0.4) is 0 Å². The van der Waals surface area contributed by atoms with Crippen molar-refractivity contribution < 1.29 is 5.11 Å². The molecule has 1 aromatic carbocycles. The van der Waals surface area contributed by atoms with Crippen molar-refractivity contribution in [3.05, 3.63) is 27.2 Å². The minimum atomic E-state index is -0.117. The Bertz CT molecular complexity index is 423. The van der Waals surface area contributed by atoms with Crippen LogP contribution in [0.25, 0.3) is 0 Å². The number of anilines is 1. The van der Waals surface area contributed by atoms with E-state index in [1.54, 1.807) is 6.07 Å². The first kappa shape index (κ1) is 17.1. The Balaban J connectivity index is 0.00000180. The first-order valence-corrected chi connectivity index (χ1v) is 7.38. The maximum atomic E-state index is 9.46. The van der Waals surface area contributed by atoms with Gasteiger partial charge in [-0.3, -0.25) is 0 Å². The fraction of sp³-hybridized carbons (Fsp3) is 0.538. The van der Waals surface area contributed by atoms with Crippen LogP contribution in [0, 0.1) is 0 Å². The lowest BCUT2D eigenvalue weighted by molar-refractivity contribution is 0.116. The minimum absolute atomic E-state index is 0. The Morgan fingerprint density at radius 2 is 1.95 bits per heavy atom. The molecule has 3 nitrogen and oxygen atoms in total. The van der Waals surface area contributed by atoms with Gasteiger partial charge in [-0.1, -0.05) is 27.5 Å². The molecule has 0 saturated heterocycles. The van der Waals surface area contributed by atoms with Crippen molar-refractivity contribution >= 4 is 45.6 Å². The summed E-state index contributed by atoms with van der Waals surface area (Å²) in [6, 6.07) is 4.26. The molecule has 1 aromatic rings. The molecule has 108 valence electrons. The summed E-state index contributed by atoms with van der Waals surface area (Å²) < 4.78 is 0.942. The van der Waals surface area contributed by atoms with Crippen molar-refractivity contribution in [2.75, 3.05) is 5.73 Å². The fourth-order valence-corrected chi connectivity index (χ4v) is 3.19. The Hall–Kier alpha value is -0.0000000000000000971. The van der Waals surface area contributed by atoms with Gasteiger partial charge in [0.2, 0.25) is 0 Å². The van der Waals surface area contributed by atoms with Crippen LogP contribution in [0.4, 0.5) is 5.69 Å². The monoisotopic (exact) mass is 368 g/mol.